The number of carbonyl (C=O) groups is 2. The lowest BCUT2D eigenvalue weighted by Gasteiger charge is -2.08. The summed E-state index contributed by atoms with van der Waals surface area (Å²) in [6.07, 6.45) is 0. The Morgan fingerprint density at radius 1 is 1.04 bits per heavy atom. The molecule has 6 nitrogen and oxygen atoms in total. The van der Waals surface area contributed by atoms with Gasteiger partial charge < -0.3 is 14.5 Å². The number of benzene rings is 2. The second-order valence-electron chi connectivity index (χ2n) is 6.21. The number of esters is 1. The smallest absolute Gasteiger partial charge is 0.361 e. The standard InChI is InChI=1S/C21H20N2O4/c1-13-9-10-17(11-14(13)2)22-18(24)12-26-21(25)19-15(3)27-20(23-19)16-7-5-4-6-8-16/h4-11H,12H2,1-3H3,(H,22,24). The second-order valence-corrected chi connectivity index (χ2v) is 6.21. The molecule has 27 heavy (non-hydrogen) atoms. The Bertz CT molecular complexity index is 977. The summed E-state index contributed by atoms with van der Waals surface area (Å²) in [5, 5.41) is 2.70. The topological polar surface area (TPSA) is 81.4 Å². The monoisotopic (exact) mass is 364 g/mol. The van der Waals surface area contributed by atoms with Crippen LogP contribution in [0.5, 0.6) is 0 Å². The van der Waals surface area contributed by atoms with Gasteiger partial charge in [-0.05, 0) is 56.2 Å². The van der Waals surface area contributed by atoms with Gasteiger partial charge in [0.2, 0.25) is 5.89 Å². The van der Waals surface area contributed by atoms with Crippen LogP contribution in [0.1, 0.15) is 27.4 Å². The highest BCUT2D eigenvalue weighted by atomic mass is 16.5. The van der Waals surface area contributed by atoms with Crippen LogP contribution < -0.4 is 5.32 Å². The van der Waals surface area contributed by atoms with E-state index in [0.717, 1.165) is 16.7 Å². The van der Waals surface area contributed by atoms with E-state index in [0.29, 0.717) is 17.3 Å². The van der Waals surface area contributed by atoms with Gasteiger partial charge in [-0.15, -0.1) is 0 Å². The van der Waals surface area contributed by atoms with Crippen LogP contribution in [-0.4, -0.2) is 23.5 Å². The van der Waals surface area contributed by atoms with Crippen LogP contribution in [0.4, 0.5) is 5.69 Å². The fourth-order valence-corrected chi connectivity index (χ4v) is 2.51. The quantitative estimate of drug-likeness (QED) is 0.691. The number of aromatic nitrogens is 1. The zero-order valence-electron chi connectivity index (χ0n) is 15.4. The lowest BCUT2D eigenvalue weighted by molar-refractivity contribution is -0.119. The predicted octanol–water partition coefficient (Wildman–Crippen LogP) is 4.06. The van der Waals surface area contributed by atoms with E-state index in [9.17, 15) is 9.59 Å². The molecular weight excluding hydrogens is 344 g/mol. The summed E-state index contributed by atoms with van der Waals surface area (Å²) in [6, 6.07) is 14.8. The minimum atomic E-state index is -0.700. The minimum Gasteiger partial charge on any atom is -0.451 e. The molecule has 3 rings (SSSR count). The van der Waals surface area contributed by atoms with E-state index in [1.54, 1.807) is 13.0 Å². The molecule has 1 aromatic heterocycles. The van der Waals surface area contributed by atoms with Crippen molar-refractivity contribution in [2.24, 2.45) is 0 Å². The SMILES string of the molecule is Cc1ccc(NC(=O)COC(=O)c2nc(-c3ccccc3)oc2C)cc1C. The summed E-state index contributed by atoms with van der Waals surface area (Å²) in [5.41, 5.74) is 3.68. The number of hydrogen-bond donors (Lipinski definition) is 1. The molecule has 0 bridgehead atoms. The number of nitrogens with one attached hydrogen (secondary N) is 1. The summed E-state index contributed by atoms with van der Waals surface area (Å²) >= 11 is 0. The van der Waals surface area contributed by atoms with Gasteiger partial charge in [-0.3, -0.25) is 4.79 Å². The van der Waals surface area contributed by atoms with Crippen LogP contribution >= 0.6 is 0 Å². The molecule has 1 N–H and O–H groups in total. The molecule has 0 saturated heterocycles. The van der Waals surface area contributed by atoms with Gasteiger partial charge in [0.15, 0.2) is 12.3 Å². The maximum Gasteiger partial charge on any atom is 0.361 e. The third-order valence-electron chi connectivity index (χ3n) is 4.14. The van der Waals surface area contributed by atoms with Gasteiger partial charge in [-0.25, -0.2) is 9.78 Å². The number of amides is 1. The maximum absolute atomic E-state index is 12.2. The Kier molecular flexibility index (Phi) is 5.35. The third kappa shape index (κ3) is 4.41. The molecule has 0 radical (unpaired) electrons. The van der Waals surface area contributed by atoms with Crippen molar-refractivity contribution in [1.29, 1.82) is 0 Å². The van der Waals surface area contributed by atoms with Gasteiger partial charge in [0.25, 0.3) is 5.91 Å². The van der Waals surface area contributed by atoms with Crippen LogP contribution in [0.3, 0.4) is 0 Å². The van der Waals surface area contributed by atoms with E-state index >= 15 is 0 Å². The highest BCUT2D eigenvalue weighted by Gasteiger charge is 2.20. The van der Waals surface area contributed by atoms with Crippen molar-refractivity contribution in [1.82, 2.24) is 4.98 Å². The first-order valence-corrected chi connectivity index (χ1v) is 8.51. The number of nitrogens with zero attached hydrogens (tertiary/aromatic N) is 1. The fourth-order valence-electron chi connectivity index (χ4n) is 2.51. The lowest BCUT2D eigenvalue weighted by atomic mass is 10.1. The molecule has 0 unspecified atom stereocenters. The summed E-state index contributed by atoms with van der Waals surface area (Å²) in [4.78, 5) is 28.5. The van der Waals surface area contributed by atoms with Crippen molar-refractivity contribution in [2.75, 3.05) is 11.9 Å². The Labute approximate surface area is 157 Å². The van der Waals surface area contributed by atoms with Crippen LogP contribution in [0.15, 0.2) is 52.9 Å². The largest absolute Gasteiger partial charge is 0.451 e. The number of anilines is 1. The fraction of sp³-hybridized carbons (Fsp3) is 0.190. The summed E-state index contributed by atoms with van der Waals surface area (Å²) in [7, 11) is 0. The number of hydrogen-bond acceptors (Lipinski definition) is 5. The van der Waals surface area contributed by atoms with E-state index in [4.69, 9.17) is 9.15 Å². The zero-order chi connectivity index (χ0) is 19.4. The molecule has 6 heteroatoms. The molecule has 0 aliphatic rings. The Morgan fingerprint density at radius 2 is 1.78 bits per heavy atom. The second kappa shape index (κ2) is 7.86. The molecule has 138 valence electrons. The number of carbonyl (C=O) groups excluding carboxylic acids is 2. The molecule has 0 spiro atoms. The van der Waals surface area contributed by atoms with Gasteiger partial charge in [0.1, 0.15) is 5.76 Å². The first-order chi connectivity index (χ1) is 12.9. The first-order valence-electron chi connectivity index (χ1n) is 8.51. The minimum absolute atomic E-state index is 0.0628. The van der Waals surface area contributed by atoms with Crippen LogP contribution in [-0.2, 0) is 9.53 Å². The van der Waals surface area contributed by atoms with E-state index in [-0.39, 0.29) is 5.69 Å². The average Bonchev–Trinajstić information content (AvgIpc) is 3.05. The van der Waals surface area contributed by atoms with Gasteiger partial charge in [-0.2, -0.15) is 0 Å². The van der Waals surface area contributed by atoms with Crippen molar-refractivity contribution in [3.05, 3.63) is 71.1 Å². The zero-order valence-corrected chi connectivity index (χ0v) is 15.4. The van der Waals surface area contributed by atoms with Crippen molar-refractivity contribution in [2.45, 2.75) is 20.8 Å². The number of rotatable bonds is 5. The van der Waals surface area contributed by atoms with Crippen LogP contribution in [0, 0.1) is 20.8 Å². The molecule has 0 aliphatic heterocycles. The third-order valence-corrected chi connectivity index (χ3v) is 4.14. The number of oxazole rings is 1. The molecule has 0 saturated carbocycles. The molecular formula is C21H20N2O4. The van der Waals surface area contributed by atoms with Gasteiger partial charge in [0.05, 0.1) is 0 Å². The molecule has 0 atom stereocenters. The number of aryl methyl sites for hydroxylation is 3. The Hall–Kier alpha value is -3.41. The summed E-state index contributed by atoms with van der Waals surface area (Å²) in [5.74, 6) is -0.447. The molecule has 1 amide bonds. The molecule has 1 heterocycles. The first kappa shape index (κ1) is 18.4. The number of ether oxygens (including phenoxy) is 1. The molecule has 0 aliphatic carbocycles. The summed E-state index contributed by atoms with van der Waals surface area (Å²) in [6.45, 7) is 5.18. The van der Waals surface area contributed by atoms with Gasteiger partial charge in [-0.1, -0.05) is 24.3 Å². The normalized spacial score (nSPS) is 10.5. The van der Waals surface area contributed by atoms with Crippen molar-refractivity contribution < 1.29 is 18.7 Å². The van der Waals surface area contributed by atoms with Crippen molar-refractivity contribution in [3.63, 3.8) is 0 Å². The van der Waals surface area contributed by atoms with E-state index in [1.165, 1.54) is 0 Å². The van der Waals surface area contributed by atoms with Crippen LogP contribution in [0.2, 0.25) is 0 Å². The predicted molar refractivity (Wildman–Crippen MR) is 102 cm³/mol. The maximum atomic E-state index is 12.2. The average molecular weight is 364 g/mol. The van der Waals surface area contributed by atoms with Gasteiger partial charge >= 0.3 is 5.97 Å². The Morgan fingerprint density at radius 3 is 2.48 bits per heavy atom. The highest BCUT2D eigenvalue weighted by Crippen LogP contribution is 2.22. The van der Waals surface area contributed by atoms with Gasteiger partial charge in [0, 0.05) is 11.3 Å². The van der Waals surface area contributed by atoms with E-state index < -0.39 is 18.5 Å². The lowest BCUT2D eigenvalue weighted by Crippen LogP contribution is -2.21. The molecule has 0 fully saturated rings. The van der Waals surface area contributed by atoms with Crippen molar-refractivity contribution >= 4 is 17.6 Å². The van der Waals surface area contributed by atoms with E-state index in [1.807, 2.05) is 56.3 Å². The highest BCUT2D eigenvalue weighted by molar-refractivity contribution is 5.95. The van der Waals surface area contributed by atoms with Crippen LogP contribution in [0.25, 0.3) is 11.5 Å². The van der Waals surface area contributed by atoms with E-state index in [2.05, 4.69) is 10.3 Å². The molecule has 2 aromatic carbocycles. The van der Waals surface area contributed by atoms with Crippen molar-refractivity contribution in [3.8, 4) is 11.5 Å². The Balaban J connectivity index is 1.61. The molecule has 3 aromatic rings. The summed E-state index contributed by atoms with van der Waals surface area (Å²) < 4.78 is 10.6.